The number of phenols is 1. The number of nitrogens with two attached hydrogens (primary N) is 1. The number of hydrogen-bond acceptors (Lipinski definition) is 5. The van der Waals surface area contributed by atoms with Crippen LogP contribution in [0.3, 0.4) is 0 Å². The largest absolute Gasteiger partial charge is 0.507 e. The molecule has 0 saturated carbocycles. The molecule has 1 aliphatic heterocycles. The van der Waals surface area contributed by atoms with Gasteiger partial charge in [-0.15, -0.1) is 0 Å². The third-order valence-corrected chi connectivity index (χ3v) is 4.75. The van der Waals surface area contributed by atoms with Gasteiger partial charge in [0.05, 0.1) is 7.85 Å². The van der Waals surface area contributed by atoms with Crippen LogP contribution in [0.15, 0.2) is 42.5 Å². The number of aromatic hydroxyl groups is 1. The molecule has 1 atom stereocenters. The Bertz CT molecular complexity index is 794. The third-order valence-electron chi connectivity index (χ3n) is 4.75. The van der Waals surface area contributed by atoms with Gasteiger partial charge in [-0.2, -0.15) is 0 Å². The van der Waals surface area contributed by atoms with E-state index in [1.807, 2.05) is 30.3 Å². The van der Waals surface area contributed by atoms with Crippen LogP contribution in [-0.4, -0.2) is 54.7 Å². The number of rotatable bonds is 8. The zero-order valence-corrected chi connectivity index (χ0v) is 15.0. The molecular weight excluding hydrogens is 343 g/mol. The highest BCUT2D eigenvalue weighted by Crippen LogP contribution is 2.33. The Labute approximate surface area is 160 Å². The molecule has 1 heterocycles. The first-order chi connectivity index (χ1) is 13.0. The van der Waals surface area contributed by atoms with Crippen molar-refractivity contribution >= 4 is 13.8 Å². The number of hydrogen-bond donors (Lipinski definition) is 3. The zero-order chi connectivity index (χ0) is 19.4. The number of nitrogens with zero attached hydrogens (tertiary/aromatic N) is 1. The first-order valence-electron chi connectivity index (χ1n) is 8.97. The summed E-state index contributed by atoms with van der Waals surface area (Å²) in [6.45, 7) is 2.02. The molecule has 6 nitrogen and oxygen atoms in total. The van der Waals surface area contributed by atoms with Gasteiger partial charge < -0.3 is 20.7 Å². The van der Waals surface area contributed by atoms with Crippen LogP contribution in [0.5, 0.6) is 11.5 Å². The summed E-state index contributed by atoms with van der Waals surface area (Å²) >= 11 is 0. The van der Waals surface area contributed by atoms with Crippen molar-refractivity contribution in [3.8, 4) is 11.5 Å². The molecule has 1 aliphatic rings. The summed E-state index contributed by atoms with van der Waals surface area (Å²) in [6.07, 6.45) is 0.596. The van der Waals surface area contributed by atoms with Gasteiger partial charge in [0.15, 0.2) is 0 Å². The molecule has 2 aromatic carbocycles. The van der Waals surface area contributed by atoms with Gasteiger partial charge in [-0.05, 0) is 23.6 Å². The summed E-state index contributed by atoms with van der Waals surface area (Å²) in [6, 6.07) is 13.1. The number of carboxylic acid groups (broad SMARTS) is 1. The number of carboxylic acids is 1. The zero-order valence-electron chi connectivity index (χ0n) is 15.0. The van der Waals surface area contributed by atoms with Gasteiger partial charge in [0.1, 0.15) is 23.2 Å². The van der Waals surface area contributed by atoms with Crippen molar-refractivity contribution in [2.45, 2.75) is 24.9 Å². The number of benzene rings is 2. The minimum absolute atomic E-state index is 0.0821. The van der Waals surface area contributed by atoms with Crippen LogP contribution in [0, 0.1) is 0 Å². The Balaban J connectivity index is 1.60. The Hall–Kier alpha value is -2.51. The molecule has 1 saturated heterocycles. The van der Waals surface area contributed by atoms with E-state index in [1.165, 1.54) is 0 Å². The van der Waals surface area contributed by atoms with E-state index in [2.05, 4.69) is 4.90 Å². The van der Waals surface area contributed by atoms with Crippen LogP contribution in [0.4, 0.5) is 0 Å². The number of likely N-dealkylation sites (tertiary alicyclic amines) is 1. The van der Waals surface area contributed by atoms with Crippen LogP contribution < -0.4 is 10.5 Å². The highest BCUT2D eigenvalue weighted by Gasteiger charge is 2.31. The standard InChI is InChI=1S/C20H23BN2O4/c21-9-8-14-6-7-17(18(19(14)24)20(25)26)27-15-10-23(11-15)12-16(22)13-4-2-1-3-5-13/h1-7,15-16,24H,8-12,22H2,(H,25,26)/t16-/m1/s1. The van der Waals surface area contributed by atoms with Gasteiger partial charge in [0.2, 0.25) is 0 Å². The van der Waals surface area contributed by atoms with Gasteiger partial charge in [-0.3, -0.25) is 4.90 Å². The minimum atomic E-state index is -1.22. The molecule has 2 radical (unpaired) electrons. The molecule has 1 fully saturated rings. The van der Waals surface area contributed by atoms with Gasteiger partial charge >= 0.3 is 5.97 Å². The van der Waals surface area contributed by atoms with Gasteiger partial charge in [0, 0.05) is 25.7 Å². The normalized spacial score (nSPS) is 15.9. The molecule has 4 N–H and O–H groups in total. The molecular formula is C20H23BN2O4. The molecule has 3 rings (SSSR count). The molecule has 0 spiro atoms. The summed E-state index contributed by atoms with van der Waals surface area (Å²) in [4.78, 5) is 13.7. The van der Waals surface area contributed by atoms with Crippen molar-refractivity contribution in [2.24, 2.45) is 5.73 Å². The van der Waals surface area contributed by atoms with E-state index in [0.29, 0.717) is 37.9 Å². The number of aromatic carboxylic acids is 1. The van der Waals surface area contributed by atoms with Crippen LogP contribution in [0.25, 0.3) is 0 Å². The SMILES string of the molecule is [B]CCc1ccc(OC2CN(C[C@@H](N)c3ccccc3)C2)c(C(=O)O)c1O. The van der Waals surface area contributed by atoms with Crippen LogP contribution in [-0.2, 0) is 6.42 Å². The second-order valence-electron chi connectivity index (χ2n) is 6.77. The minimum Gasteiger partial charge on any atom is -0.507 e. The lowest BCUT2D eigenvalue weighted by molar-refractivity contribution is 0.0153. The molecule has 140 valence electrons. The predicted octanol–water partition coefficient (Wildman–Crippen LogP) is 1.98. The maximum absolute atomic E-state index is 11.6. The van der Waals surface area contributed by atoms with E-state index >= 15 is 0 Å². The van der Waals surface area contributed by atoms with E-state index < -0.39 is 5.97 Å². The quantitative estimate of drug-likeness (QED) is 0.619. The summed E-state index contributed by atoms with van der Waals surface area (Å²) in [5, 5.41) is 19.7. The van der Waals surface area contributed by atoms with E-state index in [-0.39, 0.29) is 29.2 Å². The Morgan fingerprint density at radius 3 is 2.59 bits per heavy atom. The lowest BCUT2D eigenvalue weighted by atomic mass is 9.95. The van der Waals surface area contributed by atoms with Crippen molar-refractivity contribution in [3.63, 3.8) is 0 Å². The number of aryl methyl sites for hydroxylation is 1. The molecule has 2 aromatic rings. The van der Waals surface area contributed by atoms with E-state index in [9.17, 15) is 15.0 Å². The van der Waals surface area contributed by atoms with Crippen molar-refractivity contribution in [1.29, 1.82) is 0 Å². The molecule has 27 heavy (non-hydrogen) atoms. The Kier molecular flexibility index (Phi) is 6.03. The van der Waals surface area contributed by atoms with Gasteiger partial charge in [0.25, 0.3) is 0 Å². The monoisotopic (exact) mass is 366 g/mol. The summed E-state index contributed by atoms with van der Waals surface area (Å²) in [5.41, 5.74) is 7.61. The molecule has 0 aromatic heterocycles. The lowest BCUT2D eigenvalue weighted by Crippen LogP contribution is -2.55. The first kappa shape index (κ1) is 19.3. The maximum atomic E-state index is 11.6. The van der Waals surface area contributed by atoms with Crippen LogP contribution >= 0.6 is 0 Å². The fraction of sp³-hybridized carbons (Fsp3) is 0.350. The van der Waals surface area contributed by atoms with Crippen molar-refractivity contribution in [1.82, 2.24) is 4.90 Å². The lowest BCUT2D eigenvalue weighted by Gasteiger charge is -2.40. The van der Waals surface area contributed by atoms with Crippen LogP contribution in [0.1, 0.15) is 27.5 Å². The highest BCUT2D eigenvalue weighted by atomic mass is 16.5. The summed E-state index contributed by atoms with van der Waals surface area (Å²) in [5.74, 6) is -1.31. The fourth-order valence-corrected chi connectivity index (χ4v) is 3.29. The molecule has 0 aliphatic carbocycles. The van der Waals surface area contributed by atoms with Gasteiger partial charge in [-0.1, -0.05) is 42.7 Å². The summed E-state index contributed by atoms with van der Waals surface area (Å²) in [7, 11) is 5.50. The molecule has 0 amide bonds. The Morgan fingerprint density at radius 2 is 1.96 bits per heavy atom. The van der Waals surface area contributed by atoms with Gasteiger partial charge in [-0.25, -0.2) is 4.79 Å². The van der Waals surface area contributed by atoms with Crippen molar-refractivity contribution < 1.29 is 19.7 Å². The second-order valence-corrected chi connectivity index (χ2v) is 6.77. The average molecular weight is 366 g/mol. The molecule has 0 bridgehead atoms. The number of carbonyl (C=O) groups is 1. The third kappa shape index (κ3) is 4.43. The molecule has 0 unspecified atom stereocenters. The van der Waals surface area contributed by atoms with Crippen molar-refractivity contribution in [3.05, 3.63) is 59.2 Å². The number of ether oxygens (including phenoxy) is 1. The topological polar surface area (TPSA) is 96.0 Å². The van der Waals surface area contributed by atoms with Crippen LogP contribution in [0.2, 0.25) is 6.32 Å². The molecule has 7 heteroatoms. The van der Waals surface area contributed by atoms with E-state index in [4.69, 9.17) is 18.3 Å². The Morgan fingerprint density at radius 1 is 1.26 bits per heavy atom. The fourth-order valence-electron chi connectivity index (χ4n) is 3.29. The first-order valence-corrected chi connectivity index (χ1v) is 8.97. The second kappa shape index (κ2) is 8.46. The average Bonchev–Trinajstić information content (AvgIpc) is 2.62. The smallest absolute Gasteiger partial charge is 0.343 e. The van der Waals surface area contributed by atoms with Crippen molar-refractivity contribution in [2.75, 3.05) is 19.6 Å². The maximum Gasteiger partial charge on any atom is 0.343 e. The predicted molar refractivity (Wildman–Crippen MR) is 104 cm³/mol. The summed E-state index contributed by atoms with van der Waals surface area (Å²) < 4.78 is 5.82. The van der Waals surface area contributed by atoms with E-state index in [0.717, 1.165) is 5.56 Å². The highest BCUT2D eigenvalue weighted by molar-refractivity contribution is 6.08. The van der Waals surface area contributed by atoms with E-state index in [1.54, 1.807) is 12.1 Å².